The van der Waals surface area contributed by atoms with Crippen molar-refractivity contribution in [1.82, 2.24) is 30.1 Å². The summed E-state index contributed by atoms with van der Waals surface area (Å²) < 4.78 is 13.5. The average molecular weight is 525 g/mol. The number of hydrogen-bond acceptors (Lipinski definition) is 7. The molecule has 200 valence electrons. The lowest BCUT2D eigenvalue weighted by Crippen LogP contribution is -2.35. The molecule has 39 heavy (non-hydrogen) atoms. The summed E-state index contributed by atoms with van der Waals surface area (Å²) in [6, 6.07) is 21.4. The molecule has 6 rings (SSSR count). The Morgan fingerprint density at radius 3 is 2.69 bits per heavy atom. The molecule has 3 heterocycles. The second-order valence-corrected chi connectivity index (χ2v) is 10.0. The van der Waals surface area contributed by atoms with Crippen LogP contribution in [0.2, 0.25) is 0 Å². The maximum absolute atomic E-state index is 13.8. The van der Waals surface area contributed by atoms with Crippen molar-refractivity contribution < 1.29 is 9.15 Å². The van der Waals surface area contributed by atoms with E-state index in [0.717, 1.165) is 53.7 Å². The summed E-state index contributed by atoms with van der Waals surface area (Å²) in [5.74, 6) is 2.22. The molecule has 1 fully saturated rings. The minimum atomic E-state index is -0.519. The van der Waals surface area contributed by atoms with Gasteiger partial charge in [0.25, 0.3) is 5.56 Å². The number of H-pyrrole nitrogens is 1. The topological polar surface area (TPSA) is 102 Å². The van der Waals surface area contributed by atoms with E-state index in [0.29, 0.717) is 31.1 Å². The molecular formula is C30H32N6O3. The van der Waals surface area contributed by atoms with Crippen LogP contribution in [0.1, 0.15) is 67.4 Å². The maximum atomic E-state index is 13.8. The molecule has 0 spiro atoms. The highest BCUT2D eigenvalue weighted by Crippen LogP contribution is 2.35. The zero-order valence-electron chi connectivity index (χ0n) is 22.0. The van der Waals surface area contributed by atoms with Gasteiger partial charge in [-0.05, 0) is 72.2 Å². The number of fused-ring (bicyclic) bond motifs is 1. The van der Waals surface area contributed by atoms with E-state index in [1.807, 2.05) is 66.2 Å². The Labute approximate surface area is 226 Å². The molecule has 0 amide bonds. The predicted octanol–water partition coefficient (Wildman–Crippen LogP) is 5.41. The molecule has 0 saturated heterocycles. The van der Waals surface area contributed by atoms with Gasteiger partial charge in [-0.2, -0.15) is 0 Å². The summed E-state index contributed by atoms with van der Waals surface area (Å²) in [4.78, 5) is 19.1. The lowest BCUT2D eigenvalue weighted by Gasteiger charge is -2.31. The van der Waals surface area contributed by atoms with E-state index >= 15 is 0 Å². The lowest BCUT2D eigenvalue weighted by molar-refractivity contribution is 0.176. The van der Waals surface area contributed by atoms with Crippen LogP contribution in [0.5, 0.6) is 5.75 Å². The van der Waals surface area contributed by atoms with E-state index in [9.17, 15) is 4.79 Å². The van der Waals surface area contributed by atoms with E-state index in [-0.39, 0.29) is 11.6 Å². The van der Waals surface area contributed by atoms with Gasteiger partial charge in [-0.15, -0.1) is 5.10 Å². The number of benzene rings is 2. The Hall–Kier alpha value is -4.24. The van der Waals surface area contributed by atoms with Crippen molar-refractivity contribution in [2.24, 2.45) is 0 Å². The van der Waals surface area contributed by atoms with Gasteiger partial charge in [0, 0.05) is 23.0 Å². The molecule has 0 radical (unpaired) electrons. The Morgan fingerprint density at radius 1 is 1.08 bits per heavy atom. The van der Waals surface area contributed by atoms with Gasteiger partial charge in [-0.25, -0.2) is 4.68 Å². The fourth-order valence-corrected chi connectivity index (χ4v) is 5.61. The average Bonchev–Trinajstić information content (AvgIpc) is 3.73. The Balaban J connectivity index is 1.52. The van der Waals surface area contributed by atoms with Gasteiger partial charge >= 0.3 is 0 Å². The number of aromatic amines is 1. The van der Waals surface area contributed by atoms with E-state index in [1.54, 1.807) is 6.26 Å². The van der Waals surface area contributed by atoms with Gasteiger partial charge in [0.2, 0.25) is 0 Å². The first-order valence-electron chi connectivity index (χ1n) is 13.6. The molecule has 0 aliphatic heterocycles. The van der Waals surface area contributed by atoms with Crippen molar-refractivity contribution >= 4 is 10.9 Å². The van der Waals surface area contributed by atoms with Crippen molar-refractivity contribution in [3.05, 3.63) is 106 Å². The highest BCUT2D eigenvalue weighted by Gasteiger charge is 2.33. The largest absolute Gasteiger partial charge is 0.494 e. The molecule has 9 nitrogen and oxygen atoms in total. The smallest absolute Gasteiger partial charge is 0.253 e. The van der Waals surface area contributed by atoms with Crippen LogP contribution < -0.4 is 10.3 Å². The quantitative estimate of drug-likeness (QED) is 0.260. The van der Waals surface area contributed by atoms with Crippen LogP contribution in [0.3, 0.4) is 0 Å². The van der Waals surface area contributed by atoms with Gasteiger partial charge in [0.15, 0.2) is 5.82 Å². The van der Waals surface area contributed by atoms with Gasteiger partial charge < -0.3 is 14.1 Å². The SMILES string of the molecule is CCOc1ccc2[nH]c(=O)c([C@@H](c3nnnn3C3CCCC3)N(Cc3ccccc3)Cc3ccco3)cc2c1. The minimum absolute atomic E-state index is 0.171. The van der Waals surface area contributed by atoms with Crippen molar-refractivity contribution in [3.8, 4) is 5.75 Å². The van der Waals surface area contributed by atoms with E-state index in [2.05, 4.69) is 37.5 Å². The summed E-state index contributed by atoms with van der Waals surface area (Å²) >= 11 is 0. The van der Waals surface area contributed by atoms with Crippen molar-refractivity contribution in [2.75, 3.05) is 6.61 Å². The second kappa shape index (κ2) is 11.2. The van der Waals surface area contributed by atoms with Crippen molar-refractivity contribution in [1.29, 1.82) is 0 Å². The lowest BCUT2D eigenvalue weighted by atomic mass is 10.0. The van der Waals surface area contributed by atoms with Crippen LogP contribution >= 0.6 is 0 Å². The van der Waals surface area contributed by atoms with Crippen LogP contribution in [0.15, 0.2) is 82.2 Å². The third kappa shape index (κ3) is 5.35. The molecule has 5 aromatic rings. The van der Waals surface area contributed by atoms with Gasteiger partial charge in [-0.1, -0.05) is 43.2 Å². The molecule has 9 heteroatoms. The van der Waals surface area contributed by atoms with Gasteiger partial charge in [-0.3, -0.25) is 9.69 Å². The Kier molecular flexibility index (Phi) is 7.23. The first-order valence-corrected chi connectivity index (χ1v) is 13.6. The molecule has 1 atom stereocenters. The van der Waals surface area contributed by atoms with E-state index in [4.69, 9.17) is 9.15 Å². The highest BCUT2D eigenvalue weighted by molar-refractivity contribution is 5.80. The molecule has 2 aromatic carbocycles. The predicted molar refractivity (Wildman–Crippen MR) is 147 cm³/mol. The molecule has 1 saturated carbocycles. The number of ether oxygens (including phenoxy) is 1. The first kappa shape index (κ1) is 25.1. The fourth-order valence-electron chi connectivity index (χ4n) is 5.61. The molecule has 1 aliphatic carbocycles. The van der Waals surface area contributed by atoms with Crippen molar-refractivity contribution in [3.63, 3.8) is 0 Å². The summed E-state index contributed by atoms with van der Waals surface area (Å²) in [6.07, 6.45) is 6.00. The summed E-state index contributed by atoms with van der Waals surface area (Å²) in [6.45, 7) is 3.56. The normalized spacial score (nSPS) is 14.8. The molecular weight excluding hydrogens is 492 g/mol. The van der Waals surface area contributed by atoms with Gasteiger partial charge in [0.1, 0.15) is 17.6 Å². The number of tetrazole rings is 1. The summed E-state index contributed by atoms with van der Waals surface area (Å²) in [5.41, 5.74) is 2.27. The van der Waals surface area contributed by atoms with Gasteiger partial charge in [0.05, 0.1) is 25.5 Å². The zero-order valence-corrected chi connectivity index (χ0v) is 22.0. The molecule has 0 bridgehead atoms. The first-order chi connectivity index (χ1) is 19.2. The number of pyridine rings is 1. The number of rotatable bonds is 10. The summed E-state index contributed by atoms with van der Waals surface area (Å²) in [5, 5.41) is 14.0. The number of aromatic nitrogens is 5. The molecule has 0 unspecified atom stereocenters. The van der Waals surface area contributed by atoms with E-state index in [1.165, 1.54) is 0 Å². The Bertz CT molecular complexity index is 1570. The van der Waals surface area contributed by atoms with E-state index < -0.39 is 6.04 Å². The maximum Gasteiger partial charge on any atom is 0.253 e. The minimum Gasteiger partial charge on any atom is -0.494 e. The van der Waals surface area contributed by atoms with Crippen molar-refractivity contribution in [2.45, 2.75) is 57.8 Å². The third-order valence-corrected chi connectivity index (χ3v) is 7.42. The van der Waals surface area contributed by atoms with Crippen LogP contribution in [0.4, 0.5) is 0 Å². The molecule has 1 aliphatic rings. The fraction of sp³-hybridized carbons (Fsp3) is 0.333. The standard InChI is InChI=1S/C30H32N6O3/c1-2-38-24-14-15-27-22(17-24)18-26(30(37)31-27)28(29-32-33-34-36(29)23-11-6-7-12-23)35(20-25-13-8-16-39-25)19-21-9-4-3-5-10-21/h3-5,8-10,13-18,23,28H,2,6-7,11-12,19-20H2,1H3,(H,31,37)/t28-/m0/s1. The van der Waals surface area contributed by atoms with Crippen LogP contribution in [-0.4, -0.2) is 36.7 Å². The number of furan rings is 1. The molecule has 1 N–H and O–H groups in total. The summed E-state index contributed by atoms with van der Waals surface area (Å²) in [7, 11) is 0. The van der Waals surface area contributed by atoms with Crippen LogP contribution in [0.25, 0.3) is 10.9 Å². The van der Waals surface area contributed by atoms with Crippen LogP contribution in [0, 0.1) is 0 Å². The monoisotopic (exact) mass is 524 g/mol. The number of nitrogens with zero attached hydrogens (tertiary/aromatic N) is 5. The highest BCUT2D eigenvalue weighted by atomic mass is 16.5. The number of nitrogens with one attached hydrogen (secondary N) is 1. The zero-order chi connectivity index (χ0) is 26.6. The van der Waals surface area contributed by atoms with Crippen LogP contribution in [-0.2, 0) is 13.1 Å². The Morgan fingerprint density at radius 2 is 1.92 bits per heavy atom. The molecule has 3 aromatic heterocycles. The third-order valence-electron chi connectivity index (χ3n) is 7.42. The second-order valence-electron chi connectivity index (χ2n) is 10.0. The number of hydrogen-bond donors (Lipinski definition) is 1.